The lowest BCUT2D eigenvalue weighted by Crippen LogP contribution is -2.58. The molecule has 2 aromatic heterocycles. The van der Waals surface area contributed by atoms with Crippen molar-refractivity contribution in [1.29, 1.82) is 0 Å². The SMILES string of the molecule is NC(=O)CC(N)C(=O)NC(Cc1cnc[nH]1)C(=O)NC(CCCN=C(N)N)C(=O)NC(Cc1cnc[nH]1)C(=O)O. The van der Waals surface area contributed by atoms with E-state index in [9.17, 15) is 29.1 Å². The largest absolute Gasteiger partial charge is 0.480 e. The van der Waals surface area contributed by atoms with Crippen LogP contribution in [0, 0.1) is 0 Å². The van der Waals surface area contributed by atoms with E-state index in [-0.39, 0.29) is 38.2 Å². The number of H-pyrrole nitrogens is 2. The van der Waals surface area contributed by atoms with Crippen LogP contribution in [0.2, 0.25) is 0 Å². The van der Waals surface area contributed by atoms with E-state index in [0.29, 0.717) is 11.4 Å². The van der Waals surface area contributed by atoms with Crippen LogP contribution >= 0.6 is 0 Å². The van der Waals surface area contributed by atoms with Crippen LogP contribution in [0.25, 0.3) is 0 Å². The molecule has 0 aromatic carbocycles. The lowest BCUT2D eigenvalue weighted by molar-refractivity contribution is -0.142. The van der Waals surface area contributed by atoms with E-state index in [1.807, 2.05) is 0 Å². The van der Waals surface area contributed by atoms with Crippen LogP contribution in [0.5, 0.6) is 0 Å². The van der Waals surface area contributed by atoms with E-state index >= 15 is 0 Å². The maximum absolute atomic E-state index is 13.3. The number of primary amides is 1. The van der Waals surface area contributed by atoms with Gasteiger partial charge in [0.05, 0.1) is 25.1 Å². The van der Waals surface area contributed by atoms with Gasteiger partial charge < -0.3 is 54.0 Å². The third kappa shape index (κ3) is 10.8. The lowest BCUT2D eigenvalue weighted by atomic mass is 10.1. The van der Waals surface area contributed by atoms with Crippen molar-refractivity contribution < 1.29 is 29.1 Å². The molecule has 0 spiro atoms. The fraction of sp³-hybridized carbons (Fsp3) is 0.455. The Morgan fingerprint density at radius 2 is 1.38 bits per heavy atom. The smallest absolute Gasteiger partial charge is 0.326 e. The van der Waals surface area contributed by atoms with E-state index < -0.39 is 60.2 Å². The molecule has 2 rings (SSSR count). The number of aliphatic imine (C=N–C) groups is 1. The first-order valence-corrected chi connectivity index (χ1v) is 12.1. The zero-order valence-corrected chi connectivity index (χ0v) is 21.5. The first kappa shape index (κ1) is 31.2. The highest BCUT2D eigenvalue weighted by Crippen LogP contribution is 2.06. The number of rotatable bonds is 17. The van der Waals surface area contributed by atoms with Crippen molar-refractivity contribution in [1.82, 2.24) is 35.9 Å². The number of hydrogen-bond acceptors (Lipinski definition) is 9. The Labute approximate surface area is 228 Å². The molecule has 40 heavy (non-hydrogen) atoms. The number of aromatic amines is 2. The molecule has 0 radical (unpaired) electrons. The van der Waals surface area contributed by atoms with Crippen molar-refractivity contribution in [3.05, 3.63) is 36.4 Å². The van der Waals surface area contributed by atoms with Crippen LogP contribution < -0.4 is 38.9 Å². The summed E-state index contributed by atoms with van der Waals surface area (Å²) in [6, 6.07) is -5.13. The van der Waals surface area contributed by atoms with E-state index in [1.54, 1.807) is 0 Å². The topological polar surface area (TPSA) is 315 Å². The Hall–Kier alpha value is -5.00. The molecule has 0 aliphatic heterocycles. The van der Waals surface area contributed by atoms with Gasteiger partial charge >= 0.3 is 5.97 Å². The van der Waals surface area contributed by atoms with Crippen molar-refractivity contribution in [2.75, 3.05) is 6.54 Å². The van der Waals surface area contributed by atoms with Gasteiger partial charge in [0, 0.05) is 43.2 Å². The highest BCUT2D eigenvalue weighted by molar-refractivity contribution is 5.95. The molecular weight excluding hydrogens is 528 g/mol. The van der Waals surface area contributed by atoms with Crippen LogP contribution in [0.3, 0.4) is 0 Å². The third-order valence-electron chi connectivity index (χ3n) is 5.54. The first-order chi connectivity index (χ1) is 19.0. The van der Waals surface area contributed by atoms with Crippen molar-refractivity contribution >= 4 is 35.6 Å². The molecule has 4 unspecified atom stereocenters. The van der Waals surface area contributed by atoms with Gasteiger partial charge in [0.25, 0.3) is 0 Å². The molecule has 0 saturated carbocycles. The Morgan fingerprint density at radius 3 is 1.88 bits per heavy atom. The summed E-state index contributed by atoms with van der Waals surface area (Å²) in [5.41, 5.74) is 22.4. The molecule has 4 atom stereocenters. The quantitative estimate of drug-likeness (QED) is 0.0499. The molecule has 0 saturated heterocycles. The van der Waals surface area contributed by atoms with Gasteiger partial charge in [0.15, 0.2) is 5.96 Å². The summed E-state index contributed by atoms with van der Waals surface area (Å²) in [5, 5.41) is 17.0. The second-order valence-corrected chi connectivity index (χ2v) is 8.81. The van der Waals surface area contributed by atoms with E-state index in [4.69, 9.17) is 22.9 Å². The second kappa shape index (κ2) is 15.4. The summed E-state index contributed by atoms with van der Waals surface area (Å²) < 4.78 is 0. The minimum Gasteiger partial charge on any atom is -0.480 e. The Kier molecular flexibility index (Phi) is 12.0. The number of nitrogens with two attached hydrogens (primary N) is 4. The van der Waals surface area contributed by atoms with Crippen molar-refractivity contribution in [3.63, 3.8) is 0 Å². The van der Waals surface area contributed by atoms with Crippen LogP contribution in [0.15, 0.2) is 30.0 Å². The number of carboxylic acids is 1. The molecule has 218 valence electrons. The monoisotopic (exact) mass is 562 g/mol. The number of guanidine groups is 1. The normalized spacial score (nSPS) is 13.7. The van der Waals surface area contributed by atoms with Gasteiger partial charge in [-0.3, -0.25) is 24.2 Å². The maximum atomic E-state index is 13.3. The zero-order valence-electron chi connectivity index (χ0n) is 21.5. The first-order valence-electron chi connectivity index (χ1n) is 12.1. The van der Waals surface area contributed by atoms with Gasteiger partial charge in [-0.05, 0) is 12.8 Å². The fourth-order valence-electron chi connectivity index (χ4n) is 3.55. The number of amides is 4. The minimum atomic E-state index is -1.34. The lowest BCUT2D eigenvalue weighted by Gasteiger charge is -2.25. The number of imidazole rings is 2. The molecule has 18 heteroatoms. The maximum Gasteiger partial charge on any atom is 0.326 e. The van der Waals surface area contributed by atoms with E-state index in [2.05, 4.69) is 40.9 Å². The van der Waals surface area contributed by atoms with Crippen LogP contribution in [-0.2, 0) is 36.8 Å². The van der Waals surface area contributed by atoms with Gasteiger partial charge in [0.1, 0.15) is 18.1 Å². The molecule has 2 heterocycles. The summed E-state index contributed by atoms with van der Waals surface area (Å²) in [5.74, 6) is -4.67. The Balaban J connectivity index is 2.21. The summed E-state index contributed by atoms with van der Waals surface area (Å²) in [6.07, 6.45) is 5.25. The summed E-state index contributed by atoms with van der Waals surface area (Å²) in [4.78, 5) is 79.1. The van der Waals surface area contributed by atoms with E-state index in [0.717, 1.165) is 0 Å². The molecule has 14 N–H and O–H groups in total. The number of hydrogen-bond donors (Lipinski definition) is 10. The van der Waals surface area contributed by atoms with Crippen molar-refractivity contribution in [3.8, 4) is 0 Å². The van der Waals surface area contributed by atoms with Crippen molar-refractivity contribution in [2.24, 2.45) is 27.9 Å². The number of carbonyl (C=O) groups is 5. The number of aliphatic carboxylic acids is 1. The number of nitrogens with one attached hydrogen (secondary N) is 5. The molecule has 0 aliphatic carbocycles. The third-order valence-corrected chi connectivity index (χ3v) is 5.54. The highest BCUT2D eigenvalue weighted by Gasteiger charge is 2.31. The predicted molar refractivity (Wildman–Crippen MR) is 140 cm³/mol. The molecule has 4 amide bonds. The van der Waals surface area contributed by atoms with Crippen LogP contribution in [0.4, 0.5) is 0 Å². The van der Waals surface area contributed by atoms with Crippen molar-refractivity contribution in [2.45, 2.75) is 56.3 Å². The summed E-state index contributed by atoms with van der Waals surface area (Å²) in [7, 11) is 0. The zero-order chi connectivity index (χ0) is 29.7. The number of carbonyl (C=O) groups excluding carboxylic acids is 4. The predicted octanol–water partition coefficient (Wildman–Crippen LogP) is -4.29. The molecule has 0 aliphatic rings. The Bertz CT molecular complexity index is 1160. The fourth-order valence-corrected chi connectivity index (χ4v) is 3.55. The summed E-state index contributed by atoms with van der Waals surface area (Å²) in [6.45, 7) is 0.134. The Morgan fingerprint density at radius 1 is 0.850 bits per heavy atom. The second-order valence-electron chi connectivity index (χ2n) is 8.81. The number of aromatic nitrogens is 4. The number of carboxylic acid groups (broad SMARTS) is 1. The van der Waals surface area contributed by atoms with Crippen LogP contribution in [0.1, 0.15) is 30.7 Å². The molecule has 0 fully saturated rings. The number of nitrogens with zero attached hydrogens (tertiary/aromatic N) is 3. The van der Waals surface area contributed by atoms with Gasteiger partial charge in [-0.2, -0.15) is 0 Å². The molecule has 2 aromatic rings. The standard InChI is InChI=1S/C22H34N12O6/c23-13(6-17(24)35)18(36)33-15(4-11-7-27-9-30-11)20(38)32-14(2-1-3-29-22(25)26)19(37)34-16(21(39)40)5-12-8-28-10-31-12/h7-10,13-16H,1-6,23H2,(H2,24,35)(H,27,30)(H,28,31)(H,32,38)(H,33,36)(H,34,37)(H,39,40)(H4,25,26,29). The van der Waals surface area contributed by atoms with Gasteiger partial charge in [-0.1, -0.05) is 0 Å². The van der Waals surface area contributed by atoms with E-state index in [1.165, 1.54) is 25.0 Å². The van der Waals surface area contributed by atoms with Gasteiger partial charge in [0.2, 0.25) is 23.6 Å². The molecular formula is C22H34N12O6. The van der Waals surface area contributed by atoms with Gasteiger partial charge in [-0.25, -0.2) is 14.8 Å². The average Bonchev–Trinajstić information content (AvgIpc) is 3.58. The van der Waals surface area contributed by atoms with Crippen LogP contribution in [-0.4, -0.2) is 91.3 Å². The average molecular weight is 563 g/mol. The highest BCUT2D eigenvalue weighted by atomic mass is 16.4. The minimum absolute atomic E-state index is 0.0245. The van der Waals surface area contributed by atoms with Gasteiger partial charge in [-0.15, -0.1) is 0 Å². The molecule has 18 nitrogen and oxygen atoms in total. The summed E-state index contributed by atoms with van der Waals surface area (Å²) >= 11 is 0. The molecule has 0 bridgehead atoms.